The van der Waals surface area contributed by atoms with Crippen LogP contribution in [0.5, 0.6) is 0 Å². The van der Waals surface area contributed by atoms with E-state index in [-0.39, 0.29) is 11.8 Å². The van der Waals surface area contributed by atoms with Crippen molar-refractivity contribution >= 4 is 34.7 Å². The Balaban J connectivity index is 2.84. The highest BCUT2D eigenvalue weighted by molar-refractivity contribution is 14.1. The average molecular weight is 337 g/mol. The van der Waals surface area contributed by atoms with Crippen LogP contribution in [0.15, 0.2) is 12.7 Å². The standard InChI is InChI=1S/C10H16IN3O2/c1-4-9(15)14-6-5-13(11)7-8(14)10(16)12(2)3/h4,8H,1,5-7H2,2-3H3. The summed E-state index contributed by atoms with van der Waals surface area (Å²) in [6.45, 7) is 5.37. The van der Waals surface area contributed by atoms with E-state index in [0.717, 1.165) is 6.54 Å². The first-order valence-corrected chi connectivity index (χ1v) is 5.98. The molecule has 1 aliphatic heterocycles. The van der Waals surface area contributed by atoms with Crippen molar-refractivity contribution in [3.05, 3.63) is 12.7 Å². The van der Waals surface area contributed by atoms with Crippen LogP contribution in [0.3, 0.4) is 0 Å². The van der Waals surface area contributed by atoms with Gasteiger partial charge in [0.25, 0.3) is 0 Å². The van der Waals surface area contributed by atoms with E-state index in [0.29, 0.717) is 13.1 Å². The summed E-state index contributed by atoms with van der Waals surface area (Å²) in [6, 6.07) is -0.397. The van der Waals surface area contributed by atoms with Crippen LogP contribution < -0.4 is 0 Å². The van der Waals surface area contributed by atoms with Crippen LogP contribution in [-0.4, -0.2) is 64.5 Å². The van der Waals surface area contributed by atoms with Gasteiger partial charge >= 0.3 is 0 Å². The molecule has 0 aromatic carbocycles. The molecule has 0 radical (unpaired) electrons. The number of nitrogens with zero attached hydrogens (tertiary/aromatic N) is 3. The van der Waals surface area contributed by atoms with Crippen LogP contribution >= 0.6 is 22.9 Å². The highest BCUT2D eigenvalue weighted by Crippen LogP contribution is 2.15. The topological polar surface area (TPSA) is 43.9 Å². The summed E-state index contributed by atoms with van der Waals surface area (Å²) in [5.41, 5.74) is 0. The largest absolute Gasteiger partial charge is 0.347 e. The summed E-state index contributed by atoms with van der Waals surface area (Å²) in [5, 5.41) is 0. The van der Waals surface area contributed by atoms with Crippen molar-refractivity contribution in [2.24, 2.45) is 0 Å². The Hall–Kier alpha value is -0.630. The maximum atomic E-state index is 11.9. The third kappa shape index (κ3) is 2.94. The zero-order chi connectivity index (χ0) is 12.3. The molecular weight excluding hydrogens is 321 g/mol. The van der Waals surface area contributed by atoms with E-state index in [2.05, 4.69) is 29.4 Å². The lowest BCUT2D eigenvalue weighted by molar-refractivity contribution is -0.143. The van der Waals surface area contributed by atoms with Gasteiger partial charge in [0, 0.05) is 56.6 Å². The quantitative estimate of drug-likeness (QED) is 0.409. The smallest absolute Gasteiger partial charge is 0.246 e. The zero-order valence-corrected chi connectivity index (χ0v) is 11.7. The lowest BCUT2D eigenvalue weighted by Gasteiger charge is -2.38. The summed E-state index contributed by atoms with van der Waals surface area (Å²) in [5.74, 6) is -0.221. The van der Waals surface area contributed by atoms with Crippen LogP contribution in [0.2, 0.25) is 0 Å². The number of likely N-dealkylation sites (N-methyl/N-ethyl adjacent to an activating group) is 1. The molecule has 1 unspecified atom stereocenters. The van der Waals surface area contributed by atoms with Crippen molar-refractivity contribution in [2.45, 2.75) is 6.04 Å². The molecule has 1 fully saturated rings. The van der Waals surface area contributed by atoms with Crippen molar-refractivity contribution in [2.75, 3.05) is 33.7 Å². The Morgan fingerprint density at radius 3 is 2.56 bits per heavy atom. The molecule has 0 spiro atoms. The first-order chi connectivity index (χ1) is 7.47. The lowest BCUT2D eigenvalue weighted by atomic mass is 10.1. The second-order valence-electron chi connectivity index (χ2n) is 3.85. The van der Waals surface area contributed by atoms with E-state index in [1.54, 1.807) is 19.0 Å². The molecule has 1 saturated heterocycles. The normalized spacial score (nSPS) is 21.7. The number of hydrogen-bond acceptors (Lipinski definition) is 3. The van der Waals surface area contributed by atoms with Gasteiger partial charge in [0.2, 0.25) is 11.8 Å². The van der Waals surface area contributed by atoms with Crippen molar-refractivity contribution in [3.63, 3.8) is 0 Å². The van der Waals surface area contributed by atoms with Crippen LogP contribution in [0.4, 0.5) is 0 Å². The van der Waals surface area contributed by atoms with Gasteiger partial charge in [-0.15, -0.1) is 0 Å². The van der Waals surface area contributed by atoms with E-state index in [9.17, 15) is 9.59 Å². The highest BCUT2D eigenvalue weighted by Gasteiger charge is 2.34. The number of hydrogen-bond donors (Lipinski definition) is 0. The molecule has 16 heavy (non-hydrogen) atoms. The predicted octanol–water partition coefficient (Wildman–Crippen LogP) is 0.123. The number of rotatable bonds is 2. The second-order valence-corrected chi connectivity index (χ2v) is 5.22. The van der Waals surface area contributed by atoms with E-state index < -0.39 is 6.04 Å². The molecule has 6 heteroatoms. The van der Waals surface area contributed by atoms with Gasteiger partial charge < -0.3 is 9.80 Å². The minimum absolute atomic E-state index is 0.0448. The molecule has 0 bridgehead atoms. The number of halogens is 1. The van der Waals surface area contributed by atoms with Gasteiger partial charge in [0.1, 0.15) is 6.04 Å². The van der Waals surface area contributed by atoms with Crippen LogP contribution in [-0.2, 0) is 9.59 Å². The third-order valence-corrected chi connectivity index (χ3v) is 3.39. The fourth-order valence-electron chi connectivity index (χ4n) is 1.64. The Morgan fingerprint density at radius 2 is 2.06 bits per heavy atom. The summed E-state index contributed by atoms with van der Waals surface area (Å²) in [4.78, 5) is 26.7. The molecule has 0 aromatic heterocycles. The highest BCUT2D eigenvalue weighted by atomic mass is 127. The van der Waals surface area contributed by atoms with Crippen molar-refractivity contribution in [3.8, 4) is 0 Å². The molecule has 1 rings (SSSR count). The van der Waals surface area contributed by atoms with E-state index in [4.69, 9.17) is 0 Å². The second kappa shape index (κ2) is 5.62. The number of amides is 2. The molecule has 1 heterocycles. The van der Waals surface area contributed by atoms with E-state index >= 15 is 0 Å². The monoisotopic (exact) mass is 337 g/mol. The summed E-state index contributed by atoms with van der Waals surface area (Å²) >= 11 is 2.17. The summed E-state index contributed by atoms with van der Waals surface area (Å²) in [7, 11) is 3.40. The maximum Gasteiger partial charge on any atom is 0.246 e. The van der Waals surface area contributed by atoms with Crippen LogP contribution in [0, 0.1) is 0 Å². The van der Waals surface area contributed by atoms with Gasteiger partial charge in [0.15, 0.2) is 0 Å². The van der Waals surface area contributed by atoms with Crippen molar-refractivity contribution in [1.82, 2.24) is 12.9 Å². The van der Waals surface area contributed by atoms with Gasteiger partial charge in [0.05, 0.1) is 0 Å². The fraction of sp³-hybridized carbons (Fsp3) is 0.600. The van der Waals surface area contributed by atoms with Crippen LogP contribution in [0.1, 0.15) is 0 Å². The van der Waals surface area contributed by atoms with Crippen molar-refractivity contribution in [1.29, 1.82) is 0 Å². The first kappa shape index (κ1) is 13.4. The Kier molecular flexibility index (Phi) is 4.72. The SMILES string of the molecule is C=CC(=O)N1CCN(I)CC1C(=O)N(C)C. The third-order valence-electron chi connectivity index (χ3n) is 2.51. The fourth-order valence-corrected chi connectivity index (χ4v) is 2.23. The predicted molar refractivity (Wildman–Crippen MR) is 70.0 cm³/mol. The maximum absolute atomic E-state index is 11.9. The molecule has 5 nitrogen and oxygen atoms in total. The van der Waals surface area contributed by atoms with E-state index in [1.807, 2.05) is 3.11 Å². The molecule has 2 amide bonds. The summed E-state index contributed by atoms with van der Waals surface area (Å²) < 4.78 is 2.02. The van der Waals surface area contributed by atoms with Gasteiger partial charge in [-0.05, 0) is 6.08 Å². The van der Waals surface area contributed by atoms with Gasteiger partial charge in [-0.3, -0.25) is 9.59 Å². The molecule has 0 saturated carbocycles. The van der Waals surface area contributed by atoms with Gasteiger partial charge in [-0.25, -0.2) is 3.11 Å². The Morgan fingerprint density at radius 1 is 1.44 bits per heavy atom. The average Bonchev–Trinajstić information content (AvgIpc) is 2.26. The molecule has 0 aromatic rings. The zero-order valence-electron chi connectivity index (χ0n) is 9.52. The summed E-state index contributed by atoms with van der Waals surface area (Å²) in [6.07, 6.45) is 1.26. The van der Waals surface area contributed by atoms with Gasteiger partial charge in [-0.2, -0.15) is 0 Å². The first-order valence-electron chi connectivity index (χ1n) is 5.02. The Labute approximate surface area is 110 Å². The molecule has 0 N–H and O–H groups in total. The Bertz CT molecular complexity index is 306. The minimum Gasteiger partial charge on any atom is -0.347 e. The van der Waals surface area contributed by atoms with Crippen molar-refractivity contribution < 1.29 is 9.59 Å². The molecular formula is C10H16IN3O2. The number of carbonyl (C=O) groups excluding carboxylic acids is 2. The molecule has 0 aliphatic carbocycles. The van der Waals surface area contributed by atoms with Gasteiger partial charge in [-0.1, -0.05) is 6.58 Å². The van der Waals surface area contributed by atoms with Crippen LogP contribution in [0.25, 0.3) is 0 Å². The minimum atomic E-state index is -0.397. The molecule has 1 aliphatic rings. The van der Waals surface area contributed by atoms with E-state index in [1.165, 1.54) is 11.0 Å². The molecule has 90 valence electrons. The number of carbonyl (C=O) groups is 2. The number of piperazine rings is 1. The lowest BCUT2D eigenvalue weighted by Crippen LogP contribution is -2.58. The molecule has 1 atom stereocenters.